The lowest BCUT2D eigenvalue weighted by Gasteiger charge is -2.36. The largest absolute Gasteiger partial charge is 0.444 e. The highest BCUT2D eigenvalue weighted by atomic mass is 79.9. The number of carbonyl (C=O) groups is 1. The Hall–Kier alpha value is -1.51. The Labute approximate surface area is 170 Å². The minimum atomic E-state index is -4.80. The van der Waals surface area contributed by atoms with Crippen molar-refractivity contribution >= 4 is 27.7 Å². The fraction of sp³-hybridized carbons (Fsp3) is 0.632. The van der Waals surface area contributed by atoms with Crippen molar-refractivity contribution in [2.24, 2.45) is 5.92 Å². The molecule has 0 spiro atoms. The maximum atomic E-state index is 13.9. The Morgan fingerprint density at radius 3 is 2.32 bits per heavy atom. The summed E-state index contributed by atoms with van der Waals surface area (Å²) < 4.78 is 59.3. The van der Waals surface area contributed by atoms with Gasteiger partial charge < -0.3 is 15.0 Å². The predicted octanol–water partition coefficient (Wildman–Crippen LogP) is 6.05. The molecule has 1 saturated heterocycles. The van der Waals surface area contributed by atoms with Crippen LogP contribution in [-0.4, -0.2) is 35.7 Å². The van der Waals surface area contributed by atoms with Gasteiger partial charge in [0, 0.05) is 23.6 Å². The van der Waals surface area contributed by atoms with Gasteiger partial charge in [-0.2, -0.15) is 13.2 Å². The molecule has 0 saturated carbocycles. The van der Waals surface area contributed by atoms with Crippen LogP contribution in [0.3, 0.4) is 0 Å². The third-order valence-electron chi connectivity index (χ3n) is 4.62. The number of carbonyl (C=O) groups excluding carboxylic acids is 1. The molecule has 28 heavy (non-hydrogen) atoms. The third kappa shape index (κ3) is 5.99. The van der Waals surface area contributed by atoms with E-state index >= 15 is 0 Å². The number of rotatable bonds is 3. The highest BCUT2D eigenvalue weighted by Gasteiger charge is 2.38. The summed E-state index contributed by atoms with van der Waals surface area (Å²) in [5.41, 5.74) is -2.17. The van der Waals surface area contributed by atoms with Gasteiger partial charge in [0.1, 0.15) is 17.0 Å². The number of hydrogen-bond donors (Lipinski definition) is 1. The summed E-state index contributed by atoms with van der Waals surface area (Å²) in [6.45, 7) is 8.07. The van der Waals surface area contributed by atoms with Gasteiger partial charge in [0.05, 0.1) is 5.69 Å². The van der Waals surface area contributed by atoms with E-state index in [0.29, 0.717) is 25.9 Å². The van der Waals surface area contributed by atoms with Gasteiger partial charge in [0.15, 0.2) is 0 Å². The van der Waals surface area contributed by atoms with Crippen LogP contribution < -0.4 is 5.32 Å². The van der Waals surface area contributed by atoms with Gasteiger partial charge in [-0.25, -0.2) is 9.18 Å². The van der Waals surface area contributed by atoms with Gasteiger partial charge in [-0.1, -0.05) is 15.9 Å². The fourth-order valence-corrected chi connectivity index (χ4v) is 3.68. The number of amides is 1. The lowest BCUT2D eigenvalue weighted by molar-refractivity contribution is -0.139. The minimum absolute atomic E-state index is 0.0433. The maximum absolute atomic E-state index is 13.9. The number of benzene rings is 1. The molecule has 1 fully saturated rings. The van der Waals surface area contributed by atoms with Crippen LogP contribution in [-0.2, 0) is 10.9 Å². The summed E-state index contributed by atoms with van der Waals surface area (Å²) in [7, 11) is 0. The van der Waals surface area contributed by atoms with E-state index in [1.165, 1.54) is 6.07 Å². The Balaban J connectivity index is 2.04. The quantitative estimate of drug-likeness (QED) is 0.548. The van der Waals surface area contributed by atoms with Gasteiger partial charge in [-0.3, -0.25) is 0 Å². The Morgan fingerprint density at radius 1 is 1.25 bits per heavy atom. The van der Waals surface area contributed by atoms with E-state index in [-0.39, 0.29) is 28.2 Å². The summed E-state index contributed by atoms with van der Waals surface area (Å²) >= 11 is 3.04. The van der Waals surface area contributed by atoms with E-state index in [4.69, 9.17) is 4.74 Å². The monoisotopic (exact) mass is 468 g/mol. The van der Waals surface area contributed by atoms with Crippen molar-refractivity contribution in [1.29, 1.82) is 0 Å². The van der Waals surface area contributed by atoms with Crippen molar-refractivity contribution in [2.45, 2.75) is 58.4 Å². The standard InChI is InChI=1S/C19H25BrF4N2O2/c1-11(12-5-7-26(8-6-12)17(27)28-18(2,3)4)25-15-10-13(20)9-14(21)16(15)19(22,23)24/h9-12,25H,5-8H2,1-4H3/t11-/m0/s1. The molecule has 0 bridgehead atoms. The number of ether oxygens (including phenoxy) is 1. The summed E-state index contributed by atoms with van der Waals surface area (Å²) in [5, 5.41) is 2.83. The second kappa shape index (κ2) is 8.47. The second-order valence-corrected chi connectivity index (χ2v) is 8.96. The van der Waals surface area contributed by atoms with Gasteiger partial charge in [-0.15, -0.1) is 0 Å². The molecule has 2 rings (SSSR count). The molecule has 4 nitrogen and oxygen atoms in total. The van der Waals surface area contributed by atoms with Crippen LogP contribution in [0, 0.1) is 11.7 Å². The zero-order chi connectivity index (χ0) is 21.3. The zero-order valence-electron chi connectivity index (χ0n) is 16.3. The van der Waals surface area contributed by atoms with E-state index < -0.39 is 23.2 Å². The first-order valence-electron chi connectivity index (χ1n) is 9.08. The average molecular weight is 469 g/mol. The summed E-state index contributed by atoms with van der Waals surface area (Å²) in [5.74, 6) is -1.28. The number of alkyl halides is 3. The van der Waals surface area contributed by atoms with Crippen molar-refractivity contribution in [2.75, 3.05) is 18.4 Å². The number of nitrogens with one attached hydrogen (secondary N) is 1. The fourth-order valence-electron chi connectivity index (χ4n) is 3.25. The van der Waals surface area contributed by atoms with Crippen LogP contribution in [0.25, 0.3) is 0 Å². The van der Waals surface area contributed by atoms with Crippen molar-refractivity contribution in [3.05, 3.63) is 28.0 Å². The molecule has 1 aromatic carbocycles. The van der Waals surface area contributed by atoms with E-state index in [9.17, 15) is 22.4 Å². The van der Waals surface area contributed by atoms with E-state index in [1.54, 1.807) is 32.6 Å². The number of nitrogens with zero attached hydrogens (tertiary/aromatic N) is 1. The third-order valence-corrected chi connectivity index (χ3v) is 5.08. The van der Waals surface area contributed by atoms with Crippen molar-refractivity contribution < 1.29 is 27.1 Å². The van der Waals surface area contributed by atoms with E-state index in [1.807, 2.05) is 0 Å². The van der Waals surface area contributed by atoms with Gasteiger partial charge >= 0.3 is 12.3 Å². The topological polar surface area (TPSA) is 41.6 Å². The smallest absolute Gasteiger partial charge is 0.421 e. The van der Waals surface area contributed by atoms with E-state index in [2.05, 4.69) is 21.2 Å². The highest BCUT2D eigenvalue weighted by Crippen LogP contribution is 2.39. The number of anilines is 1. The number of hydrogen-bond acceptors (Lipinski definition) is 3. The molecular weight excluding hydrogens is 444 g/mol. The van der Waals surface area contributed by atoms with Crippen molar-refractivity contribution in [3.8, 4) is 0 Å². The first kappa shape index (κ1) is 22.8. The summed E-state index contributed by atoms with van der Waals surface area (Å²) in [4.78, 5) is 13.7. The van der Waals surface area contributed by atoms with Gasteiger partial charge in [-0.05, 0) is 58.6 Å². The molecule has 158 valence electrons. The Morgan fingerprint density at radius 2 is 1.82 bits per heavy atom. The maximum Gasteiger partial charge on any atom is 0.421 e. The van der Waals surface area contributed by atoms with Crippen LogP contribution >= 0.6 is 15.9 Å². The molecule has 1 aliphatic heterocycles. The zero-order valence-corrected chi connectivity index (χ0v) is 17.9. The molecule has 1 amide bonds. The molecular formula is C19H25BrF4N2O2. The Bertz CT molecular complexity index is 711. The molecule has 1 heterocycles. The first-order valence-corrected chi connectivity index (χ1v) is 9.88. The molecule has 0 aliphatic carbocycles. The van der Waals surface area contributed by atoms with Crippen molar-refractivity contribution in [1.82, 2.24) is 4.90 Å². The molecule has 1 atom stereocenters. The normalized spacial score (nSPS) is 17.4. The highest BCUT2D eigenvalue weighted by molar-refractivity contribution is 9.10. The average Bonchev–Trinajstić information content (AvgIpc) is 2.51. The SMILES string of the molecule is C[C@H](Nc1cc(Br)cc(F)c1C(F)(F)F)C1CCN(C(=O)OC(C)(C)C)CC1. The Kier molecular flexibility index (Phi) is 6.89. The first-order chi connectivity index (χ1) is 12.8. The lowest BCUT2D eigenvalue weighted by atomic mass is 9.90. The predicted molar refractivity (Wildman–Crippen MR) is 103 cm³/mol. The van der Waals surface area contributed by atoms with Crippen LogP contribution in [0.5, 0.6) is 0 Å². The molecule has 1 aromatic rings. The van der Waals surface area contributed by atoms with Crippen LogP contribution in [0.15, 0.2) is 16.6 Å². The number of likely N-dealkylation sites (tertiary alicyclic amines) is 1. The van der Waals surface area contributed by atoms with Crippen LogP contribution in [0.1, 0.15) is 46.1 Å². The van der Waals surface area contributed by atoms with Crippen LogP contribution in [0.4, 0.5) is 28.0 Å². The van der Waals surface area contributed by atoms with Gasteiger partial charge in [0.25, 0.3) is 0 Å². The lowest BCUT2D eigenvalue weighted by Crippen LogP contribution is -2.44. The summed E-state index contributed by atoms with van der Waals surface area (Å²) in [6.07, 6.45) is -3.95. The van der Waals surface area contributed by atoms with Gasteiger partial charge in [0.2, 0.25) is 0 Å². The molecule has 0 aromatic heterocycles. The number of halogens is 5. The molecule has 9 heteroatoms. The minimum Gasteiger partial charge on any atom is -0.444 e. The molecule has 0 radical (unpaired) electrons. The molecule has 1 N–H and O–H groups in total. The van der Waals surface area contributed by atoms with Crippen LogP contribution in [0.2, 0.25) is 0 Å². The van der Waals surface area contributed by atoms with Crippen molar-refractivity contribution in [3.63, 3.8) is 0 Å². The number of piperidine rings is 1. The second-order valence-electron chi connectivity index (χ2n) is 8.05. The molecule has 1 aliphatic rings. The summed E-state index contributed by atoms with van der Waals surface area (Å²) in [6, 6.07) is 1.71. The molecule has 0 unspecified atom stereocenters. The van der Waals surface area contributed by atoms with E-state index in [0.717, 1.165) is 6.07 Å².